The molecule has 0 aromatic carbocycles. The summed E-state index contributed by atoms with van der Waals surface area (Å²) in [4.78, 5) is 21.4. The van der Waals surface area contributed by atoms with E-state index >= 15 is 0 Å². The van der Waals surface area contributed by atoms with Crippen molar-refractivity contribution in [1.82, 2.24) is 0 Å². The van der Waals surface area contributed by atoms with Gasteiger partial charge in [0.25, 0.3) is 0 Å². The molecule has 0 amide bonds. The molecule has 0 unspecified atom stereocenters. The normalized spacial score (nSPS) is 10.5. The summed E-state index contributed by atoms with van der Waals surface area (Å²) in [6, 6.07) is 0. The number of hydrogen-bond acceptors (Lipinski definition) is 5. The van der Waals surface area contributed by atoms with Crippen LogP contribution in [0, 0.1) is 0 Å². The fourth-order valence-electron chi connectivity index (χ4n) is 5.06. The largest absolute Gasteiger partial charge is 0.476 e. The molecule has 0 saturated heterocycles. The van der Waals surface area contributed by atoms with Gasteiger partial charge in [-0.05, 0) is 6.42 Å². The quantitative estimate of drug-likeness (QED) is 0.0539. The molecule has 0 rings (SSSR count). The van der Waals surface area contributed by atoms with Crippen LogP contribution in [0.5, 0.6) is 0 Å². The highest BCUT2D eigenvalue weighted by Crippen LogP contribution is 2.16. The van der Waals surface area contributed by atoms with Crippen molar-refractivity contribution in [3.05, 3.63) is 0 Å². The van der Waals surface area contributed by atoms with Gasteiger partial charge >= 0.3 is 5.97 Å². The lowest BCUT2D eigenvalue weighted by Gasteiger charge is -2.04. The van der Waals surface area contributed by atoms with Crippen LogP contribution in [-0.4, -0.2) is 54.5 Å². The smallest absolute Gasteiger partial charge is 0.372 e. The number of carbonyl (C=O) groups excluding carboxylic acids is 1. The summed E-state index contributed by atoms with van der Waals surface area (Å²) in [5.74, 6) is -1.92. The summed E-state index contributed by atoms with van der Waals surface area (Å²) in [7, 11) is 3.25. The summed E-state index contributed by atoms with van der Waals surface area (Å²) in [6.45, 7) is 2.04. The highest BCUT2D eigenvalue weighted by atomic mass is 16.4. The van der Waals surface area contributed by atoms with Crippen LogP contribution in [-0.2, 0) is 14.3 Å². The number of unbranched alkanes of at least 4 members (excludes halogenated alkanes) is 27. The molecule has 254 valence electrons. The SMILES string of the molecule is CCCCCCCCCCCCCCCCCCCCCCCCCCCCCCC(=O)C(=O)O.COC.OCCO. The van der Waals surface area contributed by atoms with Gasteiger partial charge in [-0.25, -0.2) is 4.79 Å². The zero-order valence-corrected chi connectivity index (χ0v) is 28.5. The molecule has 0 fully saturated rings. The van der Waals surface area contributed by atoms with Crippen LogP contribution in [0.4, 0.5) is 0 Å². The number of hydrogen-bond donors (Lipinski definition) is 3. The fraction of sp³-hybridized carbons (Fsp3) is 0.944. The number of carbonyl (C=O) groups is 2. The summed E-state index contributed by atoms with van der Waals surface area (Å²) in [5, 5.41) is 23.8. The predicted octanol–water partition coefficient (Wildman–Crippen LogP) is 10.2. The minimum atomic E-state index is -1.28. The Morgan fingerprint density at radius 2 is 0.619 bits per heavy atom. The van der Waals surface area contributed by atoms with Gasteiger partial charge in [-0.15, -0.1) is 0 Å². The van der Waals surface area contributed by atoms with E-state index in [0.29, 0.717) is 0 Å². The Kier molecular flexibility index (Phi) is 48.1. The van der Waals surface area contributed by atoms with Gasteiger partial charge in [0.15, 0.2) is 0 Å². The van der Waals surface area contributed by atoms with Crippen molar-refractivity contribution in [1.29, 1.82) is 0 Å². The zero-order chi connectivity index (χ0) is 31.8. The number of carboxylic acid groups (broad SMARTS) is 1. The molecular formula is C36H74O6. The van der Waals surface area contributed by atoms with Crippen LogP contribution in [0.1, 0.15) is 193 Å². The van der Waals surface area contributed by atoms with Crippen molar-refractivity contribution >= 4 is 11.8 Å². The van der Waals surface area contributed by atoms with Crippen LogP contribution in [0.2, 0.25) is 0 Å². The molecule has 0 bridgehead atoms. The molecule has 42 heavy (non-hydrogen) atoms. The molecule has 0 radical (unpaired) electrons. The number of ketones is 1. The van der Waals surface area contributed by atoms with Crippen LogP contribution < -0.4 is 0 Å². The molecule has 0 aliphatic rings. The first-order chi connectivity index (χ1) is 20.5. The Bertz CT molecular complexity index is 495. The number of ether oxygens (including phenoxy) is 1. The molecule has 6 nitrogen and oxygen atoms in total. The number of aliphatic hydroxyl groups excluding tert-OH is 2. The highest BCUT2D eigenvalue weighted by Gasteiger charge is 2.09. The van der Waals surface area contributed by atoms with Gasteiger partial charge in [-0.2, -0.15) is 0 Å². The van der Waals surface area contributed by atoms with E-state index in [-0.39, 0.29) is 19.6 Å². The summed E-state index contributed by atoms with van der Waals surface area (Å²) < 4.78 is 4.25. The standard InChI is InChI=1S/C32H62O3.C2H6O2.C2H6O/c1-2-3-4-5-6-7-8-9-10-11-12-13-14-15-16-17-18-19-20-21-22-23-24-25-26-27-28-29-30-31(33)32(34)35;3-1-2-4;1-3-2/h2-30H2,1H3,(H,34,35);3-4H,1-2H2;1-2H3. The fourth-order valence-corrected chi connectivity index (χ4v) is 5.06. The number of Topliss-reactive ketones (excluding diaryl/α,β-unsaturated/α-hetero) is 1. The average molecular weight is 603 g/mol. The van der Waals surface area contributed by atoms with Crippen LogP contribution in [0.3, 0.4) is 0 Å². The Hall–Kier alpha value is -0.980. The van der Waals surface area contributed by atoms with Gasteiger partial charge < -0.3 is 20.1 Å². The third-order valence-corrected chi connectivity index (χ3v) is 7.60. The number of rotatable bonds is 31. The maximum Gasteiger partial charge on any atom is 0.372 e. The van der Waals surface area contributed by atoms with Crippen molar-refractivity contribution in [2.24, 2.45) is 0 Å². The molecule has 0 heterocycles. The molecule has 3 N–H and O–H groups in total. The van der Waals surface area contributed by atoms with Crippen LogP contribution >= 0.6 is 0 Å². The van der Waals surface area contributed by atoms with E-state index in [2.05, 4.69) is 11.7 Å². The zero-order valence-electron chi connectivity index (χ0n) is 28.5. The second kappa shape index (κ2) is 44.5. The van der Waals surface area contributed by atoms with E-state index < -0.39 is 11.8 Å². The van der Waals surface area contributed by atoms with E-state index in [1.54, 1.807) is 14.2 Å². The lowest BCUT2D eigenvalue weighted by molar-refractivity contribution is -0.149. The lowest BCUT2D eigenvalue weighted by Crippen LogP contribution is -2.11. The number of carboxylic acids is 1. The van der Waals surface area contributed by atoms with Gasteiger partial charge in [-0.1, -0.05) is 180 Å². The summed E-state index contributed by atoms with van der Waals surface area (Å²) in [6.07, 6.45) is 38.5. The second-order valence-electron chi connectivity index (χ2n) is 11.9. The molecule has 6 heteroatoms. The van der Waals surface area contributed by atoms with Crippen molar-refractivity contribution in [3.63, 3.8) is 0 Å². The predicted molar refractivity (Wildman–Crippen MR) is 179 cm³/mol. The minimum absolute atomic E-state index is 0.125. The summed E-state index contributed by atoms with van der Waals surface area (Å²) in [5.41, 5.74) is 0. The third-order valence-electron chi connectivity index (χ3n) is 7.60. The van der Waals surface area contributed by atoms with Crippen LogP contribution in [0.25, 0.3) is 0 Å². The molecule has 0 aliphatic heterocycles. The monoisotopic (exact) mass is 603 g/mol. The Morgan fingerprint density at radius 1 is 0.429 bits per heavy atom. The summed E-state index contributed by atoms with van der Waals surface area (Å²) >= 11 is 0. The highest BCUT2D eigenvalue weighted by molar-refractivity contribution is 6.32. The molecule has 0 aromatic heterocycles. The average Bonchev–Trinajstić information content (AvgIpc) is 2.98. The maximum absolute atomic E-state index is 11.0. The Balaban J connectivity index is -0.00000195. The van der Waals surface area contributed by atoms with Crippen molar-refractivity contribution < 1.29 is 29.6 Å². The topological polar surface area (TPSA) is 104 Å². The van der Waals surface area contributed by atoms with Crippen molar-refractivity contribution in [2.75, 3.05) is 27.4 Å². The van der Waals surface area contributed by atoms with E-state index in [0.717, 1.165) is 19.3 Å². The maximum atomic E-state index is 11.0. The second-order valence-corrected chi connectivity index (χ2v) is 11.9. The van der Waals surface area contributed by atoms with Gasteiger partial charge in [0.2, 0.25) is 5.78 Å². The molecule has 0 aliphatic carbocycles. The van der Waals surface area contributed by atoms with Gasteiger partial charge in [0, 0.05) is 20.6 Å². The number of methoxy groups -OCH3 is 1. The molecule has 0 aromatic rings. The number of aliphatic hydroxyl groups is 2. The third kappa shape index (κ3) is 48.7. The van der Waals surface area contributed by atoms with Gasteiger partial charge in [0.1, 0.15) is 0 Å². The first kappa shape index (κ1) is 45.4. The number of aliphatic carboxylic acids is 1. The van der Waals surface area contributed by atoms with E-state index in [4.69, 9.17) is 15.3 Å². The minimum Gasteiger partial charge on any atom is -0.476 e. The molecular weight excluding hydrogens is 528 g/mol. The Labute approximate surface area is 261 Å². The van der Waals surface area contributed by atoms with E-state index in [1.807, 2.05) is 0 Å². The van der Waals surface area contributed by atoms with Crippen LogP contribution in [0.15, 0.2) is 0 Å². The molecule has 0 atom stereocenters. The van der Waals surface area contributed by atoms with Crippen molar-refractivity contribution in [3.8, 4) is 0 Å². The molecule has 0 saturated carbocycles. The van der Waals surface area contributed by atoms with Gasteiger partial charge in [-0.3, -0.25) is 4.79 Å². The first-order valence-electron chi connectivity index (χ1n) is 17.9. The lowest BCUT2D eigenvalue weighted by atomic mass is 10.0. The van der Waals surface area contributed by atoms with Gasteiger partial charge in [0.05, 0.1) is 13.2 Å². The first-order valence-corrected chi connectivity index (χ1v) is 17.9. The molecule has 0 spiro atoms. The van der Waals surface area contributed by atoms with Crippen molar-refractivity contribution in [2.45, 2.75) is 193 Å². The van der Waals surface area contributed by atoms with E-state index in [9.17, 15) is 9.59 Å². The Morgan fingerprint density at radius 3 is 0.786 bits per heavy atom. The van der Waals surface area contributed by atoms with E-state index in [1.165, 1.54) is 161 Å².